The first-order valence-electron chi connectivity index (χ1n) is 4.63. The molecule has 1 aromatic rings. The minimum Gasteiger partial charge on any atom is -0.321 e. The van der Waals surface area contributed by atoms with Gasteiger partial charge in [-0.3, -0.25) is 0 Å². The molecule has 0 radical (unpaired) electrons. The molecule has 1 nitrogen and oxygen atoms in total. The minimum absolute atomic E-state index is 0.0763. The van der Waals surface area contributed by atoms with Crippen molar-refractivity contribution in [2.45, 2.75) is 16.9 Å². The molecule has 0 aromatic heterocycles. The van der Waals surface area contributed by atoms with Gasteiger partial charge in [0.2, 0.25) is 0 Å². The first-order chi connectivity index (χ1) is 7.00. The molecule has 1 aliphatic rings. The summed E-state index contributed by atoms with van der Waals surface area (Å²) in [5.74, 6) is 0. The molecular formula is C11H10Cl3N. The van der Waals surface area contributed by atoms with Crippen LogP contribution in [-0.4, -0.2) is 9.96 Å². The Bertz CT molecular complexity index is 395. The number of para-hydroxylation sites is 1. The molecule has 0 amide bonds. The number of rotatable bonds is 0. The summed E-state index contributed by atoms with van der Waals surface area (Å²) < 4.78 is -1.42. The molecule has 1 aromatic carbocycles. The van der Waals surface area contributed by atoms with Crippen molar-refractivity contribution in [2.75, 3.05) is 4.90 Å². The average molecular weight is 263 g/mol. The van der Waals surface area contributed by atoms with Gasteiger partial charge >= 0.3 is 0 Å². The lowest BCUT2D eigenvalue weighted by atomic mass is 10.0. The highest BCUT2D eigenvalue weighted by atomic mass is 35.6. The predicted octanol–water partition coefficient (Wildman–Crippen LogP) is 4.24. The molecule has 4 heteroatoms. The number of nitrogens with zero attached hydrogens (tertiary/aromatic N) is 1. The van der Waals surface area contributed by atoms with Crippen molar-refractivity contribution < 1.29 is 0 Å². The van der Waals surface area contributed by atoms with Crippen LogP contribution in [0.15, 0.2) is 30.3 Å². The zero-order chi connectivity index (χ0) is 11.1. The Kier molecular flexibility index (Phi) is 2.89. The summed E-state index contributed by atoms with van der Waals surface area (Å²) >= 11 is 17.9. The second-order valence-corrected chi connectivity index (χ2v) is 5.72. The molecule has 0 N–H and O–H groups in total. The molecule has 0 fully saturated rings. The van der Waals surface area contributed by atoms with E-state index in [-0.39, 0.29) is 6.04 Å². The standard InChI is InChI=1S/C11H10Cl3N/c1-8-6-7-9-4-2-3-5-10(9)15(8)11(12,13)14/h2-8H,1H3. The van der Waals surface area contributed by atoms with Gasteiger partial charge in [-0.15, -0.1) is 0 Å². The molecular weight excluding hydrogens is 252 g/mol. The van der Waals surface area contributed by atoms with E-state index in [0.29, 0.717) is 0 Å². The van der Waals surface area contributed by atoms with E-state index < -0.39 is 3.92 Å². The summed E-state index contributed by atoms with van der Waals surface area (Å²) in [6.45, 7) is 1.99. The van der Waals surface area contributed by atoms with Crippen LogP contribution in [0.4, 0.5) is 5.69 Å². The Morgan fingerprint density at radius 3 is 2.53 bits per heavy atom. The average Bonchev–Trinajstić information content (AvgIpc) is 2.15. The van der Waals surface area contributed by atoms with Crippen LogP contribution < -0.4 is 4.90 Å². The Balaban J connectivity index is 2.52. The van der Waals surface area contributed by atoms with E-state index in [9.17, 15) is 0 Å². The van der Waals surface area contributed by atoms with Crippen molar-refractivity contribution in [3.05, 3.63) is 35.9 Å². The van der Waals surface area contributed by atoms with Crippen LogP contribution in [0, 0.1) is 0 Å². The third kappa shape index (κ3) is 2.10. The lowest BCUT2D eigenvalue weighted by Gasteiger charge is -2.38. The summed E-state index contributed by atoms with van der Waals surface area (Å²) in [6, 6.07) is 7.94. The Labute approximate surface area is 104 Å². The lowest BCUT2D eigenvalue weighted by molar-refractivity contribution is 0.747. The summed E-state index contributed by atoms with van der Waals surface area (Å²) in [7, 11) is 0. The SMILES string of the molecule is CC1C=Cc2ccccc2N1C(Cl)(Cl)Cl. The molecule has 1 atom stereocenters. The van der Waals surface area contributed by atoms with Gasteiger partial charge in [-0.25, -0.2) is 0 Å². The fourth-order valence-electron chi connectivity index (χ4n) is 1.76. The molecule has 1 unspecified atom stereocenters. The number of hydrogen-bond donors (Lipinski definition) is 0. The number of anilines is 1. The van der Waals surface area contributed by atoms with Crippen LogP contribution in [0.25, 0.3) is 6.08 Å². The number of benzene rings is 1. The third-order valence-electron chi connectivity index (χ3n) is 2.43. The first-order valence-corrected chi connectivity index (χ1v) is 5.77. The largest absolute Gasteiger partial charge is 0.321 e. The van der Waals surface area contributed by atoms with E-state index in [1.807, 2.05) is 43.3 Å². The van der Waals surface area contributed by atoms with E-state index in [1.165, 1.54) is 0 Å². The van der Waals surface area contributed by atoms with Gasteiger partial charge in [0, 0.05) is 11.7 Å². The number of alkyl halides is 3. The van der Waals surface area contributed by atoms with E-state index in [0.717, 1.165) is 11.3 Å². The van der Waals surface area contributed by atoms with Crippen molar-refractivity contribution in [3.8, 4) is 0 Å². The van der Waals surface area contributed by atoms with Crippen LogP contribution in [-0.2, 0) is 0 Å². The first kappa shape index (κ1) is 11.1. The van der Waals surface area contributed by atoms with Gasteiger partial charge in [-0.2, -0.15) is 0 Å². The van der Waals surface area contributed by atoms with E-state index in [1.54, 1.807) is 4.90 Å². The van der Waals surface area contributed by atoms with E-state index in [4.69, 9.17) is 34.8 Å². The van der Waals surface area contributed by atoms with Crippen molar-refractivity contribution >= 4 is 46.6 Å². The van der Waals surface area contributed by atoms with Crippen LogP contribution in [0.2, 0.25) is 0 Å². The summed E-state index contributed by atoms with van der Waals surface area (Å²) in [4.78, 5) is 1.77. The summed E-state index contributed by atoms with van der Waals surface area (Å²) in [6.07, 6.45) is 4.07. The molecule has 1 heterocycles. The van der Waals surface area contributed by atoms with Crippen molar-refractivity contribution in [2.24, 2.45) is 0 Å². The van der Waals surface area contributed by atoms with Gasteiger partial charge in [0.25, 0.3) is 3.92 Å². The monoisotopic (exact) mass is 261 g/mol. The zero-order valence-corrected chi connectivity index (χ0v) is 10.4. The minimum atomic E-state index is -1.42. The predicted molar refractivity (Wildman–Crippen MR) is 67.7 cm³/mol. The van der Waals surface area contributed by atoms with Crippen molar-refractivity contribution in [1.82, 2.24) is 0 Å². The maximum absolute atomic E-state index is 5.96. The topological polar surface area (TPSA) is 3.24 Å². The smallest absolute Gasteiger partial charge is 0.268 e. The Hall–Kier alpha value is -0.370. The second kappa shape index (κ2) is 3.89. The normalized spacial score (nSPS) is 20.3. The Morgan fingerprint density at radius 2 is 1.87 bits per heavy atom. The molecule has 0 bridgehead atoms. The van der Waals surface area contributed by atoms with Crippen molar-refractivity contribution in [3.63, 3.8) is 0 Å². The fraction of sp³-hybridized carbons (Fsp3) is 0.273. The van der Waals surface area contributed by atoms with Crippen LogP contribution in [0.5, 0.6) is 0 Å². The summed E-state index contributed by atoms with van der Waals surface area (Å²) in [5, 5.41) is 0. The van der Waals surface area contributed by atoms with Gasteiger partial charge in [0.05, 0.1) is 0 Å². The summed E-state index contributed by atoms with van der Waals surface area (Å²) in [5.41, 5.74) is 2.02. The van der Waals surface area contributed by atoms with Crippen molar-refractivity contribution in [1.29, 1.82) is 0 Å². The molecule has 0 aliphatic carbocycles. The molecule has 15 heavy (non-hydrogen) atoms. The maximum atomic E-state index is 5.96. The highest BCUT2D eigenvalue weighted by Gasteiger charge is 2.35. The van der Waals surface area contributed by atoms with Crippen LogP contribution >= 0.6 is 34.8 Å². The molecule has 2 rings (SSSR count). The van der Waals surface area contributed by atoms with Gasteiger partial charge in [-0.05, 0) is 18.6 Å². The van der Waals surface area contributed by atoms with Gasteiger partial charge in [0.15, 0.2) is 0 Å². The van der Waals surface area contributed by atoms with E-state index >= 15 is 0 Å². The third-order valence-corrected chi connectivity index (χ3v) is 2.98. The van der Waals surface area contributed by atoms with Crippen LogP contribution in [0.1, 0.15) is 12.5 Å². The Morgan fingerprint density at radius 1 is 1.20 bits per heavy atom. The molecule has 0 saturated heterocycles. The number of halogens is 3. The highest BCUT2D eigenvalue weighted by Crippen LogP contribution is 2.41. The van der Waals surface area contributed by atoms with Crippen LogP contribution in [0.3, 0.4) is 0 Å². The zero-order valence-electron chi connectivity index (χ0n) is 8.12. The molecule has 1 aliphatic heterocycles. The van der Waals surface area contributed by atoms with Gasteiger partial charge in [-0.1, -0.05) is 65.2 Å². The number of fused-ring (bicyclic) bond motifs is 1. The van der Waals surface area contributed by atoms with E-state index in [2.05, 4.69) is 0 Å². The van der Waals surface area contributed by atoms with Gasteiger partial charge < -0.3 is 4.90 Å². The number of hydrogen-bond acceptors (Lipinski definition) is 1. The quantitative estimate of drug-likeness (QED) is 0.499. The highest BCUT2D eigenvalue weighted by molar-refractivity contribution is 6.68. The second-order valence-electron chi connectivity index (χ2n) is 3.50. The molecule has 0 spiro atoms. The molecule has 80 valence electrons. The molecule has 0 saturated carbocycles. The fourth-order valence-corrected chi connectivity index (χ4v) is 2.50. The van der Waals surface area contributed by atoms with Gasteiger partial charge in [0.1, 0.15) is 0 Å². The maximum Gasteiger partial charge on any atom is 0.268 e. The lowest BCUT2D eigenvalue weighted by Crippen LogP contribution is -2.43.